The third-order valence-corrected chi connectivity index (χ3v) is 5.06. The molecule has 0 spiro atoms. The molecule has 150 valence electrons. The first-order chi connectivity index (χ1) is 13.7. The lowest BCUT2D eigenvalue weighted by Crippen LogP contribution is -2.45. The first-order valence-corrected chi connectivity index (χ1v) is 9.72. The lowest BCUT2D eigenvalue weighted by Gasteiger charge is -2.22. The maximum Gasteiger partial charge on any atom is 0.191 e. The predicted molar refractivity (Wildman–Crippen MR) is 115 cm³/mol. The van der Waals surface area contributed by atoms with Crippen LogP contribution in [0.4, 0.5) is 5.69 Å². The van der Waals surface area contributed by atoms with Gasteiger partial charge in [0.25, 0.3) is 0 Å². The Kier molecular flexibility index (Phi) is 7.00. The summed E-state index contributed by atoms with van der Waals surface area (Å²) in [4.78, 5) is 6.74. The normalized spacial score (nSPS) is 16.8. The number of anilines is 1. The number of hydrogen-bond acceptors (Lipinski definition) is 4. The van der Waals surface area contributed by atoms with E-state index in [2.05, 4.69) is 38.7 Å². The minimum atomic E-state index is 0.349. The van der Waals surface area contributed by atoms with Gasteiger partial charge in [0.15, 0.2) is 5.96 Å². The third-order valence-electron chi connectivity index (χ3n) is 5.06. The number of aliphatic imine (C=N–C) groups is 1. The fourth-order valence-corrected chi connectivity index (χ4v) is 3.60. The van der Waals surface area contributed by atoms with Gasteiger partial charge in [-0.05, 0) is 36.6 Å². The molecule has 1 heterocycles. The summed E-state index contributed by atoms with van der Waals surface area (Å²) in [6.07, 6.45) is 1.94. The molecule has 6 nitrogen and oxygen atoms in total. The fraction of sp³-hybridized carbons (Fsp3) is 0.409. The molecule has 2 aromatic carbocycles. The summed E-state index contributed by atoms with van der Waals surface area (Å²) in [5.41, 5.74) is 2.34. The molecule has 0 aromatic heterocycles. The molecular weight excluding hydrogens is 352 g/mol. The standard InChI is InChI=1S/C22H30N4O2/c1-23-22(24-14-12-17-8-4-6-10-20(17)27-2)25-18-13-15-26(16-18)19-9-5-7-11-21(19)28-3/h4-11,18H,12-16H2,1-3H3,(H2,23,24,25). The van der Waals surface area contributed by atoms with Crippen LogP contribution in [0.3, 0.4) is 0 Å². The number of ether oxygens (including phenoxy) is 2. The molecule has 1 aliphatic heterocycles. The van der Waals surface area contributed by atoms with Crippen LogP contribution in [0.15, 0.2) is 53.5 Å². The van der Waals surface area contributed by atoms with Crippen molar-refractivity contribution < 1.29 is 9.47 Å². The van der Waals surface area contributed by atoms with Crippen molar-refractivity contribution in [2.75, 3.05) is 45.8 Å². The van der Waals surface area contributed by atoms with Crippen molar-refractivity contribution in [1.82, 2.24) is 10.6 Å². The summed E-state index contributed by atoms with van der Waals surface area (Å²) in [5, 5.41) is 6.96. The van der Waals surface area contributed by atoms with E-state index in [9.17, 15) is 0 Å². The zero-order valence-corrected chi connectivity index (χ0v) is 16.9. The van der Waals surface area contributed by atoms with Gasteiger partial charge in [0.05, 0.1) is 19.9 Å². The highest BCUT2D eigenvalue weighted by atomic mass is 16.5. The first-order valence-electron chi connectivity index (χ1n) is 9.72. The van der Waals surface area contributed by atoms with Crippen molar-refractivity contribution in [2.45, 2.75) is 18.9 Å². The molecule has 1 saturated heterocycles. The van der Waals surface area contributed by atoms with Crippen LogP contribution >= 0.6 is 0 Å². The molecule has 0 bridgehead atoms. The number of methoxy groups -OCH3 is 2. The van der Waals surface area contributed by atoms with E-state index < -0.39 is 0 Å². The smallest absolute Gasteiger partial charge is 0.191 e. The minimum absolute atomic E-state index is 0.349. The van der Waals surface area contributed by atoms with E-state index in [0.717, 1.165) is 55.6 Å². The zero-order chi connectivity index (χ0) is 19.8. The van der Waals surface area contributed by atoms with E-state index >= 15 is 0 Å². The third kappa shape index (κ3) is 4.88. The Morgan fingerprint density at radius 1 is 1.07 bits per heavy atom. The number of guanidine groups is 1. The van der Waals surface area contributed by atoms with E-state index in [1.54, 1.807) is 14.2 Å². The van der Waals surface area contributed by atoms with Crippen molar-refractivity contribution in [1.29, 1.82) is 0 Å². The van der Waals surface area contributed by atoms with Gasteiger partial charge in [-0.3, -0.25) is 4.99 Å². The molecule has 3 rings (SSSR count). The van der Waals surface area contributed by atoms with Crippen molar-refractivity contribution in [2.24, 2.45) is 4.99 Å². The molecule has 2 aromatic rings. The van der Waals surface area contributed by atoms with Crippen molar-refractivity contribution in [3.8, 4) is 11.5 Å². The van der Waals surface area contributed by atoms with Crippen LogP contribution in [0.1, 0.15) is 12.0 Å². The molecule has 0 aliphatic carbocycles. The number of para-hydroxylation sites is 3. The summed E-state index contributed by atoms with van der Waals surface area (Å²) in [6.45, 7) is 2.72. The van der Waals surface area contributed by atoms with Gasteiger partial charge in [-0.25, -0.2) is 0 Å². The molecule has 2 N–H and O–H groups in total. The summed E-state index contributed by atoms with van der Waals surface area (Å²) in [5.74, 6) is 2.68. The molecule has 0 saturated carbocycles. The Morgan fingerprint density at radius 3 is 2.54 bits per heavy atom. The number of nitrogens with zero attached hydrogens (tertiary/aromatic N) is 2. The van der Waals surface area contributed by atoms with Crippen molar-refractivity contribution >= 4 is 11.6 Å². The Labute approximate surface area is 167 Å². The van der Waals surface area contributed by atoms with Crippen molar-refractivity contribution in [3.05, 3.63) is 54.1 Å². The summed E-state index contributed by atoms with van der Waals surface area (Å²) in [6, 6.07) is 16.6. The highest BCUT2D eigenvalue weighted by Gasteiger charge is 2.25. The van der Waals surface area contributed by atoms with Crippen molar-refractivity contribution in [3.63, 3.8) is 0 Å². The molecule has 1 fully saturated rings. The van der Waals surface area contributed by atoms with E-state index in [1.807, 2.05) is 37.4 Å². The largest absolute Gasteiger partial charge is 0.496 e. The summed E-state index contributed by atoms with van der Waals surface area (Å²) >= 11 is 0. The van der Waals surface area contributed by atoms with Gasteiger partial charge >= 0.3 is 0 Å². The van der Waals surface area contributed by atoms with Gasteiger partial charge in [-0.15, -0.1) is 0 Å². The van der Waals surface area contributed by atoms with Gasteiger partial charge in [-0.1, -0.05) is 30.3 Å². The van der Waals surface area contributed by atoms with Crippen LogP contribution < -0.4 is 25.0 Å². The van der Waals surface area contributed by atoms with Crippen LogP contribution in [0.5, 0.6) is 11.5 Å². The number of nitrogens with one attached hydrogen (secondary N) is 2. The van der Waals surface area contributed by atoms with Crippen LogP contribution in [-0.4, -0.2) is 52.9 Å². The Hall–Kier alpha value is -2.89. The molecule has 1 aliphatic rings. The molecule has 0 radical (unpaired) electrons. The maximum atomic E-state index is 5.50. The second-order valence-electron chi connectivity index (χ2n) is 6.81. The zero-order valence-electron chi connectivity index (χ0n) is 16.9. The Bertz CT molecular complexity index is 794. The molecule has 1 unspecified atom stereocenters. The lowest BCUT2D eigenvalue weighted by molar-refractivity contribution is 0.409. The average Bonchev–Trinajstić information content (AvgIpc) is 3.21. The first kappa shape index (κ1) is 19.9. The molecule has 0 amide bonds. The van der Waals surface area contributed by atoms with Gasteiger partial charge in [-0.2, -0.15) is 0 Å². The summed E-state index contributed by atoms with van der Waals surface area (Å²) < 4.78 is 10.9. The van der Waals surface area contributed by atoms with E-state index in [-0.39, 0.29) is 0 Å². The number of benzene rings is 2. The van der Waals surface area contributed by atoms with Crippen LogP contribution in [-0.2, 0) is 6.42 Å². The molecule has 1 atom stereocenters. The van der Waals surface area contributed by atoms with E-state index in [1.165, 1.54) is 5.56 Å². The maximum absolute atomic E-state index is 5.50. The predicted octanol–water partition coefficient (Wildman–Crippen LogP) is 2.69. The van der Waals surface area contributed by atoms with Gasteiger partial charge < -0.3 is 25.0 Å². The van der Waals surface area contributed by atoms with Crippen LogP contribution in [0.2, 0.25) is 0 Å². The molecule has 6 heteroatoms. The van der Waals surface area contributed by atoms with Crippen LogP contribution in [0, 0.1) is 0 Å². The SMILES string of the molecule is CN=C(NCCc1ccccc1OC)NC1CCN(c2ccccc2OC)C1. The quantitative estimate of drug-likeness (QED) is 0.570. The molecular formula is C22H30N4O2. The minimum Gasteiger partial charge on any atom is -0.496 e. The fourth-order valence-electron chi connectivity index (χ4n) is 3.60. The second-order valence-corrected chi connectivity index (χ2v) is 6.81. The Balaban J connectivity index is 1.50. The van der Waals surface area contributed by atoms with Gasteiger partial charge in [0.2, 0.25) is 0 Å². The number of hydrogen-bond donors (Lipinski definition) is 2. The average molecular weight is 383 g/mol. The molecule has 28 heavy (non-hydrogen) atoms. The highest BCUT2D eigenvalue weighted by molar-refractivity contribution is 5.80. The van der Waals surface area contributed by atoms with Gasteiger partial charge in [0.1, 0.15) is 11.5 Å². The topological polar surface area (TPSA) is 58.1 Å². The highest BCUT2D eigenvalue weighted by Crippen LogP contribution is 2.30. The summed E-state index contributed by atoms with van der Waals surface area (Å²) in [7, 11) is 5.24. The van der Waals surface area contributed by atoms with E-state index in [0.29, 0.717) is 6.04 Å². The number of rotatable bonds is 7. The second kappa shape index (κ2) is 9.88. The monoisotopic (exact) mass is 382 g/mol. The van der Waals surface area contributed by atoms with Crippen LogP contribution in [0.25, 0.3) is 0 Å². The van der Waals surface area contributed by atoms with Gasteiger partial charge in [0, 0.05) is 32.7 Å². The Morgan fingerprint density at radius 2 is 1.79 bits per heavy atom. The lowest BCUT2D eigenvalue weighted by atomic mass is 10.1. The van der Waals surface area contributed by atoms with E-state index in [4.69, 9.17) is 9.47 Å².